The number of hydrogen-bond acceptors (Lipinski definition) is 4. The lowest BCUT2D eigenvalue weighted by atomic mass is 10.2. The molecule has 0 aliphatic carbocycles. The topological polar surface area (TPSA) is 64.3 Å². The summed E-state index contributed by atoms with van der Waals surface area (Å²) in [6.07, 6.45) is 1.90. The van der Waals surface area contributed by atoms with Crippen molar-refractivity contribution >= 4 is 41.5 Å². The third kappa shape index (κ3) is 4.36. The van der Waals surface area contributed by atoms with Gasteiger partial charge in [0.05, 0.1) is 18.0 Å². The summed E-state index contributed by atoms with van der Waals surface area (Å²) in [5.74, 6) is 0.577. The van der Waals surface area contributed by atoms with Gasteiger partial charge < -0.3 is 15.8 Å². The van der Waals surface area contributed by atoms with E-state index in [1.165, 1.54) is 11.8 Å². The molecule has 6 heteroatoms. The van der Waals surface area contributed by atoms with Crippen LogP contribution in [0.5, 0.6) is 5.75 Å². The lowest BCUT2D eigenvalue weighted by Gasteiger charge is -2.11. The summed E-state index contributed by atoms with van der Waals surface area (Å²) in [7, 11) is 1.56. The van der Waals surface area contributed by atoms with Gasteiger partial charge in [-0.05, 0) is 31.4 Å². The van der Waals surface area contributed by atoms with E-state index in [-0.39, 0.29) is 23.6 Å². The average molecular weight is 277 g/mol. The molecular weight excluding hydrogens is 260 g/mol. The van der Waals surface area contributed by atoms with Crippen LogP contribution >= 0.6 is 24.2 Å². The molecule has 1 unspecified atom stereocenters. The van der Waals surface area contributed by atoms with Gasteiger partial charge in [-0.15, -0.1) is 12.4 Å². The predicted octanol–water partition coefficient (Wildman–Crippen LogP) is 2.39. The van der Waals surface area contributed by atoms with Crippen LogP contribution in [0.4, 0.5) is 11.4 Å². The van der Waals surface area contributed by atoms with Crippen LogP contribution < -0.4 is 15.8 Å². The van der Waals surface area contributed by atoms with E-state index in [0.717, 1.165) is 0 Å². The van der Waals surface area contributed by atoms with Crippen LogP contribution in [0.25, 0.3) is 0 Å². The predicted molar refractivity (Wildman–Crippen MR) is 76.3 cm³/mol. The summed E-state index contributed by atoms with van der Waals surface area (Å²) in [6.45, 7) is 1.85. The summed E-state index contributed by atoms with van der Waals surface area (Å²) in [6, 6.07) is 5.18. The molecule has 1 atom stereocenters. The van der Waals surface area contributed by atoms with Gasteiger partial charge in [-0.1, -0.05) is 0 Å². The van der Waals surface area contributed by atoms with E-state index in [2.05, 4.69) is 5.32 Å². The minimum Gasteiger partial charge on any atom is -0.495 e. The fourth-order valence-electron chi connectivity index (χ4n) is 1.16. The van der Waals surface area contributed by atoms with E-state index in [1.54, 1.807) is 25.3 Å². The van der Waals surface area contributed by atoms with E-state index in [4.69, 9.17) is 10.5 Å². The first-order valence-corrected chi connectivity index (χ1v) is 6.14. The molecule has 3 N–H and O–H groups in total. The SMILES string of the molecule is COc1ccc(NC(=O)C(C)SC)cc1N.Cl. The highest BCUT2D eigenvalue weighted by Crippen LogP contribution is 2.24. The second kappa shape index (κ2) is 7.29. The number of thioether (sulfide) groups is 1. The van der Waals surface area contributed by atoms with Crippen molar-refractivity contribution in [1.82, 2.24) is 0 Å². The molecular formula is C11H17ClN2O2S. The molecule has 0 heterocycles. The van der Waals surface area contributed by atoms with Crippen LogP contribution in [0.15, 0.2) is 18.2 Å². The molecule has 17 heavy (non-hydrogen) atoms. The van der Waals surface area contributed by atoms with Crippen LogP contribution in [0.2, 0.25) is 0 Å². The van der Waals surface area contributed by atoms with Gasteiger partial charge in [0, 0.05) is 5.69 Å². The van der Waals surface area contributed by atoms with Crippen molar-refractivity contribution in [3.8, 4) is 5.75 Å². The van der Waals surface area contributed by atoms with Crippen molar-refractivity contribution < 1.29 is 9.53 Å². The van der Waals surface area contributed by atoms with Gasteiger partial charge >= 0.3 is 0 Å². The van der Waals surface area contributed by atoms with E-state index in [1.807, 2.05) is 13.2 Å². The Morgan fingerprint density at radius 1 is 1.53 bits per heavy atom. The number of nitrogen functional groups attached to an aromatic ring is 1. The smallest absolute Gasteiger partial charge is 0.237 e. The molecule has 0 bridgehead atoms. The van der Waals surface area contributed by atoms with Crippen molar-refractivity contribution in [3.63, 3.8) is 0 Å². The molecule has 0 aromatic heterocycles. The maximum atomic E-state index is 11.6. The number of nitrogens with one attached hydrogen (secondary N) is 1. The van der Waals surface area contributed by atoms with E-state index < -0.39 is 0 Å². The first kappa shape index (κ1) is 15.9. The lowest BCUT2D eigenvalue weighted by molar-refractivity contribution is -0.115. The Hall–Kier alpha value is -1.07. The minimum atomic E-state index is -0.0803. The van der Waals surface area contributed by atoms with Crippen LogP contribution in [0.1, 0.15) is 6.92 Å². The molecule has 4 nitrogen and oxygen atoms in total. The quantitative estimate of drug-likeness (QED) is 0.829. The number of halogens is 1. The van der Waals surface area contributed by atoms with Crippen LogP contribution in [-0.2, 0) is 4.79 Å². The Morgan fingerprint density at radius 3 is 2.65 bits per heavy atom. The second-order valence-electron chi connectivity index (χ2n) is 3.32. The molecule has 1 rings (SSSR count). The lowest BCUT2D eigenvalue weighted by Crippen LogP contribution is -2.22. The molecule has 1 amide bonds. The summed E-state index contributed by atoms with van der Waals surface area (Å²) in [5, 5.41) is 2.71. The molecule has 96 valence electrons. The standard InChI is InChI=1S/C11H16N2O2S.ClH/c1-7(16-3)11(14)13-8-4-5-10(15-2)9(12)6-8;/h4-7H,12H2,1-3H3,(H,13,14);1H. The number of methoxy groups -OCH3 is 1. The van der Waals surface area contributed by atoms with Gasteiger partial charge in [-0.3, -0.25) is 4.79 Å². The number of benzene rings is 1. The number of amides is 1. The van der Waals surface area contributed by atoms with Gasteiger partial charge in [0.1, 0.15) is 5.75 Å². The molecule has 0 aliphatic rings. The normalized spacial score (nSPS) is 11.2. The molecule has 1 aromatic rings. The van der Waals surface area contributed by atoms with E-state index in [0.29, 0.717) is 17.1 Å². The molecule has 1 aromatic carbocycles. The molecule has 0 spiro atoms. The second-order valence-corrected chi connectivity index (χ2v) is 4.50. The largest absolute Gasteiger partial charge is 0.495 e. The van der Waals surface area contributed by atoms with Crippen LogP contribution in [0, 0.1) is 0 Å². The Kier molecular flexibility index (Phi) is 6.83. The third-order valence-electron chi connectivity index (χ3n) is 2.22. The van der Waals surface area contributed by atoms with E-state index in [9.17, 15) is 4.79 Å². The Morgan fingerprint density at radius 2 is 2.18 bits per heavy atom. The first-order chi connectivity index (χ1) is 7.58. The third-order valence-corrected chi connectivity index (χ3v) is 3.14. The van der Waals surface area contributed by atoms with Crippen molar-refractivity contribution in [2.45, 2.75) is 12.2 Å². The maximum Gasteiger partial charge on any atom is 0.237 e. The minimum absolute atomic E-state index is 0. The van der Waals surface area contributed by atoms with E-state index >= 15 is 0 Å². The molecule has 0 radical (unpaired) electrons. The highest BCUT2D eigenvalue weighted by atomic mass is 35.5. The summed E-state index contributed by atoms with van der Waals surface area (Å²) in [4.78, 5) is 11.6. The Labute approximate surface area is 112 Å². The summed E-state index contributed by atoms with van der Waals surface area (Å²) < 4.78 is 5.03. The Bertz CT molecular complexity index is 388. The summed E-state index contributed by atoms with van der Waals surface area (Å²) >= 11 is 1.50. The van der Waals surface area contributed by atoms with Gasteiger partial charge in [-0.2, -0.15) is 11.8 Å². The molecule has 0 saturated carbocycles. The fourth-order valence-corrected chi connectivity index (χ4v) is 1.44. The summed E-state index contributed by atoms with van der Waals surface area (Å²) in [5.41, 5.74) is 6.93. The van der Waals surface area contributed by atoms with Gasteiger partial charge in [0.2, 0.25) is 5.91 Å². The zero-order valence-corrected chi connectivity index (χ0v) is 11.7. The van der Waals surface area contributed by atoms with Gasteiger partial charge in [-0.25, -0.2) is 0 Å². The van der Waals surface area contributed by atoms with Crippen LogP contribution in [-0.4, -0.2) is 24.5 Å². The zero-order chi connectivity index (χ0) is 12.1. The number of carbonyl (C=O) groups is 1. The highest BCUT2D eigenvalue weighted by Gasteiger charge is 2.11. The Balaban J connectivity index is 0.00000256. The zero-order valence-electron chi connectivity index (χ0n) is 10.0. The fraction of sp³-hybridized carbons (Fsp3) is 0.364. The molecule has 0 aliphatic heterocycles. The molecule has 0 fully saturated rings. The maximum absolute atomic E-state index is 11.6. The number of carbonyl (C=O) groups excluding carboxylic acids is 1. The van der Waals surface area contributed by atoms with Gasteiger partial charge in [0.15, 0.2) is 0 Å². The van der Waals surface area contributed by atoms with Crippen molar-refractivity contribution in [2.24, 2.45) is 0 Å². The van der Waals surface area contributed by atoms with Gasteiger partial charge in [0.25, 0.3) is 0 Å². The first-order valence-electron chi connectivity index (χ1n) is 4.85. The number of hydrogen-bond donors (Lipinski definition) is 2. The number of nitrogens with two attached hydrogens (primary N) is 1. The number of anilines is 2. The van der Waals surface area contributed by atoms with Crippen molar-refractivity contribution in [2.75, 3.05) is 24.4 Å². The number of rotatable bonds is 4. The van der Waals surface area contributed by atoms with Crippen molar-refractivity contribution in [1.29, 1.82) is 0 Å². The van der Waals surface area contributed by atoms with Crippen molar-refractivity contribution in [3.05, 3.63) is 18.2 Å². The van der Waals surface area contributed by atoms with Crippen LogP contribution in [0.3, 0.4) is 0 Å². The number of ether oxygens (including phenoxy) is 1. The molecule has 0 saturated heterocycles. The highest BCUT2D eigenvalue weighted by molar-refractivity contribution is 7.99. The monoisotopic (exact) mass is 276 g/mol. The average Bonchev–Trinajstić information content (AvgIpc) is 2.28.